The van der Waals surface area contributed by atoms with Gasteiger partial charge in [0.15, 0.2) is 6.20 Å². The van der Waals surface area contributed by atoms with Crippen LogP contribution >= 0.6 is 11.8 Å². The van der Waals surface area contributed by atoms with Crippen LogP contribution in [0, 0.1) is 16.0 Å². The van der Waals surface area contributed by atoms with Crippen molar-refractivity contribution in [1.82, 2.24) is 4.98 Å². The number of thioether (sulfide) groups is 1. The van der Waals surface area contributed by atoms with Crippen LogP contribution in [-0.4, -0.2) is 39.5 Å². The lowest BCUT2D eigenvalue weighted by atomic mass is 10.2. The first-order valence-corrected chi connectivity index (χ1v) is 6.95. The first kappa shape index (κ1) is 15.2. The Morgan fingerprint density at radius 3 is 2.89 bits per heavy atom. The number of hydrogen-bond acceptors (Lipinski definition) is 6. The molecule has 0 aromatic carbocycles. The molecule has 0 fully saturated rings. The van der Waals surface area contributed by atoms with Gasteiger partial charge in [-0.3, -0.25) is 0 Å². The predicted molar refractivity (Wildman–Crippen MR) is 73.9 cm³/mol. The highest BCUT2D eigenvalue weighted by molar-refractivity contribution is 7.98. The van der Waals surface area contributed by atoms with Crippen molar-refractivity contribution in [2.45, 2.75) is 6.92 Å². The van der Waals surface area contributed by atoms with Crippen molar-refractivity contribution < 1.29 is 14.8 Å². The molecule has 1 aromatic rings. The Morgan fingerprint density at radius 2 is 2.37 bits per heavy atom. The SMILES string of the molecule is CSCC(C)CNc1cnc([N+](=O)[O-])cc1C(=O)O. The van der Waals surface area contributed by atoms with E-state index >= 15 is 0 Å². The number of carboxylic acids is 1. The molecule has 0 spiro atoms. The summed E-state index contributed by atoms with van der Waals surface area (Å²) in [7, 11) is 0. The molecule has 19 heavy (non-hydrogen) atoms. The summed E-state index contributed by atoms with van der Waals surface area (Å²) in [5, 5.41) is 22.6. The quantitative estimate of drug-likeness (QED) is 0.583. The van der Waals surface area contributed by atoms with Gasteiger partial charge in [0, 0.05) is 6.54 Å². The fourth-order valence-electron chi connectivity index (χ4n) is 1.49. The van der Waals surface area contributed by atoms with E-state index in [9.17, 15) is 14.9 Å². The number of nitrogens with one attached hydrogen (secondary N) is 1. The average molecular weight is 285 g/mol. The highest BCUT2D eigenvalue weighted by atomic mass is 32.2. The summed E-state index contributed by atoms with van der Waals surface area (Å²) in [6, 6.07) is 0.962. The number of carboxylic acid groups (broad SMARTS) is 1. The highest BCUT2D eigenvalue weighted by Crippen LogP contribution is 2.20. The number of pyridine rings is 1. The summed E-state index contributed by atoms with van der Waals surface area (Å²) in [5.41, 5.74) is 0.157. The van der Waals surface area contributed by atoms with Crippen molar-refractivity contribution in [3.8, 4) is 0 Å². The van der Waals surface area contributed by atoms with Crippen molar-refractivity contribution >= 4 is 29.2 Å². The fraction of sp³-hybridized carbons (Fsp3) is 0.455. The van der Waals surface area contributed by atoms with Crippen LogP contribution in [0.2, 0.25) is 0 Å². The Labute approximate surface area is 114 Å². The molecule has 0 saturated heterocycles. The molecule has 7 nitrogen and oxygen atoms in total. The third kappa shape index (κ3) is 4.40. The van der Waals surface area contributed by atoms with E-state index < -0.39 is 16.7 Å². The van der Waals surface area contributed by atoms with Gasteiger partial charge in [-0.15, -0.1) is 0 Å². The number of anilines is 1. The minimum atomic E-state index is -1.22. The molecule has 2 N–H and O–H groups in total. The van der Waals surface area contributed by atoms with Crippen LogP contribution in [0.15, 0.2) is 12.3 Å². The Kier molecular flexibility index (Phi) is 5.56. The van der Waals surface area contributed by atoms with Crippen LogP contribution in [0.25, 0.3) is 0 Å². The molecule has 1 unspecified atom stereocenters. The molecule has 0 amide bonds. The van der Waals surface area contributed by atoms with Crippen molar-refractivity contribution in [3.05, 3.63) is 27.9 Å². The lowest BCUT2D eigenvalue weighted by Gasteiger charge is -2.12. The van der Waals surface area contributed by atoms with Crippen LogP contribution in [0.1, 0.15) is 17.3 Å². The number of rotatable bonds is 7. The first-order valence-electron chi connectivity index (χ1n) is 5.56. The van der Waals surface area contributed by atoms with E-state index in [1.165, 1.54) is 6.20 Å². The Morgan fingerprint density at radius 1 is 1.68 bits per heavy atom. The normalized spacial score (nSPS) is 11.9. The molecule has 0 radical (unpaired) electrons. The van der Waals surface area contributed by atoms with Gasteiger partial charge in [0.1, 0.15) is 0 Å². The number of hydrogen-bond donors (Lipinski definition) is 2. The van der Waals surface area contributed by atoms with Gasteiger partial charge in [0.2, 0.25) is 0 Å². The van der Waals surface area contributed by atoms with Gasteiger partial charge < -0.3 is 20.5 Å². The Balaban J connectivity index is 2.88. The van der Waals surface area contributed by atoms with Gasteiger partial charge in [-0.2, -0.15) is 11.8 Å². The van der Waals surface area contributed by atoms with Gasteiger partial charge >= 0.3 is 11.8 Å². The van der Waals surface area contributed by atoms with Crippen LogP contribution in [0.3, 0.4) is 0 Å². The van der Waals surface area contributed by atoms with E-state index in [1.54, 1.807) is 11.8 Å². The number of carbonyl (C=O) groups is 1. The Bertz CT molecular complexity index is 481. The molecular formula is C11H15N3O4S. The number of nitrogens with zero attached hydrogens (tertiary/aromatic N) is 2. The second-order valence-electron chi connectivity index (χ2n) is 4.09. The summed E-state index contributed by atoms with van der Waals surface area (Å²) in [5.74, 6) is -0.395. The van der Waals surface area contributed by atoms with Crippen LogP contribution in [0.5, 0.6) is 0 Å². The minimum Gasteiger partial charge on any atom is -0.478 e. The number of aromatic nitrogens is 1. The summed E-state index contributed by atoms with van der Waals surface area (Å²) in [6.45, 7) is 2.61. The molecule has 0 aliphatic heterocycles. The molecule has 104 valence electrons. The van der Waals surface area contributed by atoms with Gasteiger partial charge in [-0.25, -0.2) is 4.79 Å². The second-order valence-corrected chi connectivity index (χ2v) is 5.00. The van der Waals surface area contributed by atoms with Gasteiger partial charge in [0.25, 0.3) is 0 Å². The molecule has 1 atom stereocenters. The molecule has 0 aliphatic rings. The number of aromatic carboxylic acids is 1. The van der Waals surface area contributed by atoms with E-state index in [1.807, 2.05) is 13.2 Å². The molecule has 1 rings (SSSR count). The lowest BCUT2D eigenvalue weighted by molar-refractivity contribution is -0.389. The monoisotopic (exact) mass is 285 g/mol. The zero-order valence-corrected chi connectivity index (χ0v) is 11.4. The standard InChI is InChI=1S/C11H15N3O4S/c1-7(6-19-2)4-12-9-5-13-10(14(17)18)3-8(9)11(15)16/h3,5,7,12H,4,6H2,1-2H3,(H,15,16). The highest BCUT2D eigenvalue weighted by Gasteiger charge is 2.18. The summed E-state index contributed by atoms with van der Waals surface area (Å²) in [6.07, 6.45) is 3.18. The predicted octanol–water partition coefficient (Wildman–Crippen LogP) is 2.10. The maximum atomic E-state index is 11.1. The molecule has 0 saturated carbocycles. The maximum Gasteiger partial charge on any atom is 0.364 e. The first-order chi connectivity index (χ1) is 8.95. The van der Waals surface area contributed by atoms with Crippen LogP contribution in [0.4, 0.5) is 11.5 Å². The summed E-state index contributed by atoms with van der Waals surface area (Å²) >= 11 is 1.70. The average Bonchev–Trinajstić information content (AvgIpc) is 2.36. The van der Waals surface area contributed by atoms with Gasteiger partial charge in [-0.1, -0.05) is 6.92 Å². The molecule has 1 heterocycles. The largest absolute Gasteiger partial charge is 0.478 e. The zero-order valence-electron chi connectivity index (χ0n) is 10.6. The topological polar surface area (TPSA) is 105 Å². The molecule has 1 aromatic heterocycles. The van der Waals surface area contributed by atoms with Crippen LogP contribution in [-0.2, 0) is 0 Å². The Hall–Kier alpha value is -1.83. The molecular weight excluding hydrogens is 270 g/mol. The van der Waals surface area contributed by atoms with Crippen molar-refractivity contribution in [2.24, 2.45) is 5.92 Å². The summed E-state index contributed by atoms with van der Waals surface area (Å²) in [4.78, 5) is 24.5. The summed E-state index contributed by atoms with van der Waals surface area (Å²) < 4.78 is 0. The maximum absolute atomic E-state index is 11.1. The van der Waals surface area contributed by atoms with Crippen molar-refractivity contribution in [1.29, 1.82) is 0 Å². The van der Waals surface area contributed by atoms with E-state index in [0.717, 1.165) is 11.8 Å². The third-order valence-electron chi connectivity index (χ3n) is 2.40. The molecule has 8 heteroatoms. The molecule has 0 aliphatic carbocycles. The lowest BCUT2D eigenvalue weighted by Crippen LogP contribution is -2.16. The smallest absolute Gasteiger partial charge is 0.364 e. The van der Waals surface area contributed by atoms with E-state index in [-0.39, 0.29) is 5.56 Å². The minimum absolute atomic E-state index is 0.141. The fourth-order valence-corrected chi connectivity index (χ4v) is 2.18. The second kappa shape index (κ2) is 6.93. The van der Waals surface area contributed by atoms with E-state index in [2.05, 4.69) is 10.3 Å². The van der Waals surface area contributed by atoms with Crippen molar-refractivity contribution in [3.63, 3.8) is 0 Å². The third-order valence-corrected chi connectivity index (χ3v) is 3.30. The zero-order chi connectivity index (χ0) is 14.4. The van der Waals surface area contributed by atoms with Crippen LogP contribution < -0.4 is 5.32 Å². The molecule has 0 bridgehead atoms. The van der Waals surface area contributed by atoms with E-state index in [4.69, 9.17) is 5.11 Å². The number of nitro groups is 1. The van der Waals surface area contributed by atoms with E-state index in [0.29, 0.717) is 18.2 Å². The van der Waals surface area contributed by atoms with Crippen molar-refractivity contribution in [2.75, 3.05) is 23.9 Å². The van der Waals surface area contributed by atoms with Gasteiger partial charge in [-0.05, 0) is 27.8 Å². The van der Waals surface area contributed by atoms with Gasteiger partial charge in [0.05, 0.1) is 17.3 Å².